The molecule has 4 aromatic rings. The van der Waals surface area contributed by atoms with Crippen LogP contribution in [-0.2, 0) is 16.6 Å². The number of anilines is 1. The molecule has 0 aliphatic rings. The molecule has 0 saturated heterocycles. The highest BCUT2D eigenvalue weighted by molar-refractivity contribution is 9.10. The van der Waals surface area contributed by atoms with Gasteiger partial charge in [0.1, 0.15) is 16.2 Å². The summed E-state index contributed by atoms with van der Waals surface area (Å²) in [5, 5.41) is 2.84. The fraction of sp³-hybridized carbons (Fsp3) is 0.0455. The molecule has 33 heavy (non-hydrogen) atoms. The number of hydrogen-bond acceptors (Lipinski definition) is 5. The van der Waals surface area contributed by atoms with Gasteiger partial charge < -0.3 is 5.32 Å². The minimum absolute atomic E-state index is 0.0269. The van der Waals surface area contributed by atoms with Gasteiger partial charge in [-0.1, -0.05) is 39.7 Å². The monoisotopic (exact) mass is 548 g/mol. The number of fused-ring (bicyclic) bond motifs is 1. The predicted octanol–water partition coefficient (Wildman–Crippen LogP) is 4.92. The van der Waals surface area contributed by atoms with Gasteiger partial charge in [0.05, 0.1) is 16.8 Å². The van der Waals surface area contributed by atoms with Crippen LogP contribution in [0.2, 0.25) is 5.02 Å². The summed E-state index contributed by atoms with van der Waals surface area (Å²) in [6.45, 7) is 0.0269. The fourth-order valence-corrected chi connectivity index (χ4v) is 4.95. The molecule has 1 aromatic heterocycles. The lowest BCUT2D eigenvalue weighted by Gasteiger charge is -2.14. The molecular formula is C22H15BrClFN4O3S. The van der Waals surface area contributed by atoms with Crippen LogP contribution in [0.5, 0.6) is 0 Å². The van der Waals surface area contributed by atoms with Gasteiger partial charge in [-0.3, -0.25) is 19.5 Å². The maximum absolute atomic E-state index is 13.2. The zero-order valence-electron chi connectivity index (χ0n) is 16.7. The Morgan fingerprint density at radius 2 is 1.85 bits per heavy atom. The van der Waals surface area contributed by atoms with Crippen molar-refractivity contribution in [2.75, 3.05) is 4.72 Å². The van der Waals surface area contributed by atoms with Gasteiger partial charge in [0, 0.05) is 28.4 Å². The lowest BCUT2D eigenvalue weighted by atomic mass is 10.1. The van der Waals surface area contributed by atoms with Crippen LogP contribution in [0, 0.1) is 5.82 Å². The van der Waals surface area contributed by atoms with E-state index in [1.54, 1.807) is 18.2 Å². The number of para-hydroxylation sites is 1. The summed E-state index contributed by atoms with van der Waals surface area (Å²) in [6.07, 6.45) is 2.87. The highest BCUT2D eigenvalue weighted by Gasteiger charge is 2.22. The average molecular weight is 550 g/mol. The molecule has 0 atom stereocenters. The SMILES string of the molecule is O=C(NCc1ccc(F)cc1Cl)c1ccc(Br)cc1NS(=O)(=O)c1cccc2nccnc12. The van der Waals surface area contributed by atoms with E-state index in [-0.39, 0.29) is 33.2 Å². The number of sulfonamides is 1. The number of amides is 1. The first-order chi connectivity index (χ1) is 15.7. The normalized spacial score (nSPS) is 11.4. The van der Waals surface area contributed by atoms with Crippen molar-refractivity contribution >= 4 is 60.2 Å². The van der Waals surface area contributed by atoms with Gasteiger partial charge in [0.15, 0.2) is 0 Å². The van der Waals surface area contributed by atoms with Crippen LogP contribution >= 0.6 is 27.5 Å². The molecule has 168 valence electrons. The largest absolute Gasteiger partial charge is 0.348 e. The van der Waals surface area contributed by atoms with E-state index in [0.717, 1.165) is 6.07 Å². The number of benzene rings is 3. The first-order valence-corrected chi connectivity index (χ1v) is 12.1. The molecule has 0 radical (unpaired) electrons. The molecule has 0 saturated carbocycles. The smallest absolute Gasteiger partial charge is 0.264 e. The van der Waals surface area contributed by atoms with Gasteiger partial charge in [-0.25, -0.2) is 12.8 Å². The Bertz CT molecular complexity index is 1480. The number of nitrogens with zero attached hydrogens (tertiary/aromatic N) is 2. The van der Waals surface area contributed by atoms with Crippen LogP contribution in [0.15, 0.2) is 76.4 Å². The average Bonchev–Trinajstić information content (AvgIpc) is 2.77. The molecular weight excluding hydrogens is 535 g/mol. The molecule has 4 rings (SSSR count). The van der Waals surface area contributed by atoms with E-state index in [0.29, 0.717) is 15.6 Å². The Morgan fingerprint density at radius 1 is 1.06 bits per heavy atom. The topological polar surface area (TPSA) is 101 Å². The van der Waals surface area contributed by atoms with Gasteiger partial charge in [0.25, 0.3) is 15.9 Å². The predicted molar refractivity (Wildman–Crippen MR) is 127 cm³/mol. The van der Waals surface area contributed by atoms with Crippen molar-refractivity contribution in [1.29, 1.82) is 0 Å². The zero-order chi connectivity index (χ0) is 23.6. The number of carbonyl (C=O) groups excluding carboxylic acids is 1. The Hall–Kier alpha value is -3.08. The lowest BCUT2D eigenvalue weighted by molar-refractivity contribution is 0.0952. The number of rotatable bonds is 6. The van der Waals surface area contributed by atoms with E-state index >= 15 is 0 Å². The number of halogens is 3. The van der Waals surface area contributed by atoms with Crippen molar-refractivity contribution in [1.82, 2.24) is 15.3 Å². The molecule has 0 aliphatic carbocycles. The molecule has 3 aromatic carbocycles. The summed E-state index contributed by atoms with van der Waals surface area (Å²) in [7, 11) is -4.11. The van der Waals surface area contributed by atoms with E-state index < -0.39 is 21.7 Å². The third-order valence-electron chi connectivity index (χ3n) is 4.68. The minimum atomic E-state index is -4.11. The highest BCUT2D eigenvalue weighted by atomic mass is 79.9. The second kappa shape index (κ2) is 9.42. The van der Waals surface area contributed by atoms with Crippen molar-refractivity contribution in [2.24, 2.45) is 0 Å². The molecule has 0 unspecified atom stereocenters. The summed E-state index contributed by atoms with van der Waals surface area (Å²) in [6, 6.07) is 13.0. The third-order valence-corrected chi connectivity index (χ3v) is 6.92. The van der Waals surface area contributed by atoms with Crippen LogP contribution in [0.4, 0.5) is 10.1 Å². The molecule has 0 spiro atoms. The Kier molecular flexibility index (Phi) is 6.59. The Balaban J connectivity index is 1.63. The first kappa shape index (κ1) is 23.1. The van der Waals surface area contributed by atoms with E-state index in [1.807, 2.05) is 0 Å². The molecule has 1 amide bonds. The molecule has 7 nitrogen and oxygen atoms in total. The van der Waals surface area contributed by atoms with Crippen LogP contribution in [0.25, 0.3) is 11.0 Å². The lowest BCUT2D eigenvalue weighted by Crippen LogP contribution is -2.25. The molecule has 2 N–H and O–H groups in total. The van der Waals surface area contributed by atoms with Gasteiger partial charge in [0.2, 0.25) is 0 Å². The Morgan fingerprint density at radius 3 is 2.64 bits per heavy atom. The molecule has 0 fully saturated rings. The van der Waals surface area contributed by atoms with Gasteiger partial charge in [-0.05, 0) is 48.0 Å². The van der Waals surface area contributed by atoms with E-state index in [4.69, 9.17) is 11.6 Å². The maximum Gasteiger partial charge on any atom is 0.264 e. The standard InChI is InChI=1S/C22H15BrClFN4O3S/c23-14-5-7-16(22(30)28-12-13-4-6-15(25)11-17(13)24)19(10-14)29-33(31,32)20-3-1-2-18-21(20)27-9-8-26-18/h1-11,29H,12H2,(H,28,30). The van der Waals surface area contributed by atoms with Crippen LogP contribution in [0.3, 0.4) is 0 Å². The fourth-order valence-electron chi connectivity index (χ4n) is 3.12. The maximum atomic E-state index is 13.2. The third kappa shape index (κ3) is 5.13. The number of hydrogen-bond donors (Lipinski definition) is 2. The quantitative estimate of drug-likeness (QED) is 0.356. The van der Waals surface area contributed by atoms with Crippen molar-refractivity contribution in [2.45, 2.75) is 11.4 Å². The first-order valence-electron chi connectivity index (χ1n) is 9.49. The van der Waals surface area contributed by atoms with Gasteiger partial charge >= 0.3 is 0 Å². The number of aromatic nitrogens is 2. The van der Waals surface area contributed by atoms with Crippen LogP contribution in [0.1, 0.15) is 15.9 Å². The molecule has 11 heteroatoms. The van der Waals surface area contributed by atoms with Crippen molar-refractivity contribution in [3.63, 3.8) is 0 Å². The summed E-state index contributed by atoms with van der Waals surface area (Å²) in [5.41, 5.74) is 1.29. The molecule has 1 heterocycles. The van der Waals surface area contributed by atoms with Gasteiger partial charge in [-0.2, -0.15) is 0 Å². The second-order valence-corrected chi connectivity index (χ2v) is 9.87. The number of carbonyl (C=O) groups is 1. The summed E-state index contributed by atoms with van der Waals surface area (Å²) < 4.78 is 42.6. The van der Waals surface area contributed by atoms with Crippen molar-refractivity contribution in [3.05, 3.63) is 93.4 Å². The van der Waals surface area contributed by atoms with Crippen LogP contribution < -0.4 is 10.0 Å². The molecule has 0 aliphatic heterocycles. The van der Waals surface area contributed by atoms with Gasteiger partial charge in [-0.15, -0.1) is 0 Å². The minimum Gasteiger partial charge on any atom is -0.348 e. The second-order valence-electron chi connectivity index (χ2n) is 6.89. The highest BCUT2D eigenvalue weighted by Crippen LogP contribution is 2.27. The van der Waals surface area contributed by atoms with Crippen molar-refractivity contribution in [3.8, 4) is 0 Å². The molecule has 0 bridgehead atoms. The Labute approximate surface area is 202 Å². The van der Waals surface area contributed by atoms with E-state index in [2.05, 4.69) is 35.9 Å². The summed E-state index contributed by atoms with van der Waals surface area (Å²) >= 11 is 9.31. The number of nitrogens with one attached hydrogen (secondary N) is 2. The van der Waals surface area contributed by atoms with E-state index in [1.165, 1.54) is 42.7 Å². The summed E-state index contributed by atoms with van der Waals surface area (Å²) in [5.74, 6) is -1.03. The van der Waals surface area contributed by atoms with Crippen molar-refractivity contribution < 1.29 is 17.6 Å². The van der Waals surface area contributed by atoms with Crippen LogP contribution in [-0.4, -0.2) is 24.3 Å². The summed E-state index contributed by atoms with van der Waals surface area (Å²) in [4.78, 5) is 21.1. The zero-order valence-corrected chi connectivity index (χ0v) is 19.9. The van der Waals surface area contributed by atoms with E-state index in [9.17, 15) is 17.6 Å².